The van der Waals surface area contributed by atoms with Gasteiger partial charge < -0.3 is 14.8 Å². The highest BCUT2D eigenvalue weighted by Crippen LogP contribution is 2.19. The molecular weight excluding hydrogens is 262 g/mol. The SMILES string of the molecule is COC(=O)CCC(=O)Nc1cc(C)ccc1C(=O)OC. The van der Waals surface area contributed by atoms with E-state index >= 15 is 0 Å². The summed E-state index contributed by atoms with van der Waals surface area (Å²) in [5, 5.41) is 2.60. The van der Waals surface area contributed by atoms with Crippen LogP contribution in [0.3, 0.4) is 0 Å². The van der Waals surface area contributed by atoms with Crippen molar-refractivity contribution in [3.8, 4) is 0 Å². The molecule has 1 amide bonds. The van der Waals surface area contributed by atoms with Gasteiger partial charge in [0, 0.05) is 6.42 Å². The monoisotopic (exact) mass is 279 g/mol. The number of ether oxygens (including phenoxy) is 2. The fourth-order valence-electron chi connectivity index (χ4n) is 1.58. The molecule has 1 rings (SSSR count). The van der Waals surface area contributed by atoms with E-state index in [1.165, 1.54) is 14.2 Å². The van der Waals surface area contributed by atoms with Crippen LogP contribution in [-0.2, 0) is 19.1 Å². The van der Waals surface area contributed by atoms with Crippen LogP contribution in [0, 0.1) is 6.92 Å². The van der Waals surface area contributed by atoms with Crippen LogP contribution in [-0.4, -0.2) is 32.1 Å². The maximum absolute atomic E-state index is 11.7. The van der Waals surface area contributed by atoms with Crippen LogP contribution in [0.15, 0.2) is 18.2 Å². The number of rotatable bonds is 5. The smallest absolute Gasteiger partial charge is 0.339 e. The number of hydrogen-bond donors (Lipinski definition) is 1. The molecule has 1 aromatic carbocycles. The van der Waals surface area contributed by atoms with Crippen LogP contribution in [0.5, 0.6) is 0 Å². The molecule has 0 saturated heterocycles. The van der Waals surface area contributed by atoms with Gasteiger partial charge in [-0.05, 0) is 24.6 Å². The number of anilines is 1. The van der Waals surface area contributed by atoms with Gasteiger partial charge in [0.1, 0.15) is 0 Å². The van der Waals surface area contributed by atoms with Crippen molar-refractivity contribution >= 4 is 23.5 Å². The summed E-state index contributed by atoms with van der Waals surface area (Å²) in [4.78, 5) is 34.3. The fourth-order valence-corrected chi connectivity index (χ4v) is 1.58. The lowest BCUT2D eigenvalue weighted by atomic mass is 10.1. The van der Waals surface area contributed by atoms with Gasteiger partial charge in [0.25, 0.3) is 0 Å². The van der Waals surface area contributed by atoms with E-state index in [0.717, 1.165) is 5.56 Å². The molecule has 20 heavy (non-hydrogen) atoms. The number of aryl methyl sites for hydroxylation is 1. The molecule has 0 fully saturated rings. The summed E-state index contributed by atoms with van der Waals surface area (Å²) in [7, 11) is 2.53. The van der Waals surface area contributed by atoms with Gasteiger partial charge in [-0.25, -0.2) is 4.79 Å². The van der Waals surface area contributed by atoms with E-state index in [4.69, 9.17) is 0 Å². The van der Waals surface area contributed by atoms with Crippen LogP contribution < -0.4 is 5.32 Å². The second-order valence-corrected chi connectivity index (χ2v) is 4.16. The molecule has 0 aliphatic heterocycles. The molecule has 1 N–H and O–H groups in total. The van der Waals surface area contributed by atoms with Crippen molar-refractivity contribution in [3.63, 3.8) is 0 Å². The van der Waals surface area contributed by atoms with E-state index in [1.54, 1.807) is 18.2 Å². The second kappa shape index (κ2) is 7.28. The van der Waals surface area contributed by atoms with Crippen molar-refractivity contribution in [1.82, 2.24) is 0 Å². The molecule has 6 heteroatoms. The third-order valence-electron chi connectivity index (χ3n) is 2.64. The molecule has 0 aliphatic carbocycles. The zero-order valence-corrected chi connectivity index (χ0v) is 11.7. The lowest BCUT2D eigenvalue weighted by Gasteiger charge is -2.10. The summed E-state index contributed by atoms with van der Waals surface area (Å²) in [5.41, 5.74) is 1.53. The highest BCUT2D eigenvalue weighted by atomic mass is 16.5. The van der Waals surface area contributed by atoms with E-state index in [-0.39, 0.29) is 24.3 Å². The first kappa shape index (κ1) is 15.7. The van der Waals surface area contributed by atoms with Gasteiger partial charge in [-0.1, -0.05) is 6.07 Å². The average Bonchev–Trinajstić information content (AvgIpc) is 2.44. The molecule has 0 radical (unpaired) electrons. The number of nitrogens with one attached hydrogen (secondary N) is 1. The first-order chi connectivity index (χ1) is 9.47. The van der Waals surface area contributed by atoms with Crippen molar-refractivity contribution in [2.24, 2.45) is 0 Å². The first-order valence-corrected chi connectivity index (χ1v) is 6.03. The third kappa shape index (κ3) is 4.38. The van der Waals surface area contributed by atoms with E-state index in [0.29, 0.717) is 5.69 Å². The fraction of sp³-hybridized carbons (Fsp3) is 0.357. The Hall–Kier alpha value is -2.37. The molecule has 0 atom stereocenters. The number of benzene rings is 1. The van der Waals surface area contributed by atoms with E-state index in [9.17, 15) is 14.4 Å². The Morgan fingerprint density at radius 3 is 2.40 bits per heavy atom. The van der Waals surface area contributed by atoms with E-state index in [2.05, 4.69) is 14.8 Å². The van der Waals surface area contributed by atoms with Gasteiger partial charge in [0.05, 0.1) is 31.9 Å². The Kier molecular flexibility index (Phi) is 5.71. The van der Waals surface area contributed by atoms with Crippen molar-refractivity contribution in [1.29, 1.82) is 0 Å². The average molecular weight is 279 g/mol. The van der Waals surface area contributed by atoms with Gasteiger partial charge in [-0.15, -0.1) is 0 Å². The molecule has 0 heterocycles. The number of amides is 1. The summed E-state index contributed by atoms with van der Waals surface area (Å²) in [6.45, 7) is 1.84. The molecular formula is C14H17NO5. The highest BCUT2D eigenvalue weighted by Gasteiger charge is 2.14. The Labute approximate surface area is 117 Å². The molecule has 1 aromatic rings. The predicted octanol–water partition coefficient (Wildman–Crippen LogP) is 1.67. The normalized spacial score (nSPS) is 9.75. The van der Waals surface area contributed by atoms with Crippen LogP contribution >= 0.6 is 0 Å². The van der Waals surface area contributed by atoms with Crippen molar-refractivity contribution < 1.29 is 23.9 Å². The minimum absolute atomic E-state index is 0.0122. The molecule has 0 bridgehead atoms. The number of methoxy groups -OCH3 is 2. The maximum atomic E-state index is 11.7. The van der Waals surface area contributed by atoms with Crippen molar-refractivity contribution in [2.75, 3.05) is 19.5 Å². The van der Waals surface area contributed by atoms with E-state index in [1.807, 2.05) is 6.92 Å². The van der Waals surface area contributed by atoms with Crippen LogP contribution in [0.25, 0.3) is 0 Å². The van der Waals surface area contributed by atoms with Crippen molar-refractivity contribution in [3.05, 3.63) is 29.3 Å². The quantitative estimate of drug-likeness (QED) is 0.829. The number of hydrogen-bond acceptors (Lipinski definition) is 5. The Morgan fingerprint density at radius 1 is 1.10 bits per heavy atom. The molecule has 0 aliphatic rings. The van der Waals surface area contributed by atoms with Crippen molar-refractivity contribution in [2.45, 2.75) is 19.8 Å². The molecule has 6 nitrogen and oxygen atoms in total. The molecule has 0 spiro atoms. The van der Waals surface area contributed by atoms with Gasteiger partial charge in [0.15, 0.2) is 0 Å². The lowest BCUT2D eigenvalue weighted by Crippen LogP contribution is -2.16. The number of carbonyl (C=O) groups excluding carboxylic acids is 3. The highest BCUT2D eigenvalue weighted by molar-refractivity contribution is 6.01. The molecule has 0 saturated carbocycles. The summed E-state index contributed by atoms with van der Waals surface area (Å²) in [6, 6.07) is 5.00. The summed E-state index contributed by atoms with van der Waals surface area (Å²) in [6.07, 6.45) is -0.0249. The number of carbonyl (C=O) groups is 3. The summed E-state index contributed by atoms with van der Waals surface area (Å²) < 4.78 is 9.11. The van der Waals surface area contributed by atoms with Gasteiger partial charge in [-0.2, -0.15) is 0 Å². The molecule has 108 valence electrons. The Bertz CT molecular complexity index is 524. The maximum Gasteiger partial charge on any atom is 0.339 e. The minimum atomic E-state index is -0.534. The molecule has 0 aromatic heterocycles. The topological polar surface area (TPSA) is 81.7 Å². The summed E-state index contributed by atoms with van der Waals surface area (Å²) >= 11 is 0. The summed E-state index contributed by atoms with van der Waals surface area (Å²) in [5.74, 6) is -1.36. The lowest BCUT2D eigenvalue weighted by molar-refractivity contribution is -0.141. The van der Waals surface area contributed by atoms with Gasteiger partial charge in [0.2, 0.25) is 5.91 Å². The van der Waals surface area contributed by atoms with Gasteiger partial charge in [-0.3, -0.25) is 9.59 Å². The van der Waals surface area contributed by atoms with E-state index < -0.39 is 11.9 Å². The van der Waals surface area contributed by atoms with Gasteiger partial charge >= 0.3 is 11.9 Å². The van der Waals surface area contributed by atoms with Crippen LogP contribution in [0.2, 0.25) is 0 Å². The van der Waals surface area contributed by atoms with Crippen LogP contribution in [0.1, 0.15) is 28.8 Å². The third-order valence-corrected chi connectivity index (χ3v) is 2.64. The standard InChI is InChI=1S/C14H17NO5/c1-9-4-5-10(14(18)20-3)11(8-9)15-12(16)6-7-13(17)19-2/h4-5,8H,6-7H2,1-3H3,(H,15,16). The largest absolute Gasteiger partial charge is 0.469 e. The number of esters is 2. The zero-order valence-electron chi connectivity index (χ0n) is 11.7. The first-order valence-electron chi connectivity index (χ1n) is 6.03. The predicted molar refractivity (Wildman–Crippen MR) is 72.4 cm³/mol. The Morgan fingerprint density at radius 2 is 1.80 bits per heavy atom. The zero-order chi connectivity index (χ0) is 15.1. The second-order valence-electron chi connectivity index (χ2n) is 4.16. The molecule has 0 unspecified atom stereocenters. The van der Waals surface area contributed by atoms with Crippen LogP contribution in [0.4, 0.5) is 5.69 Å². The Balaban J connectivity index is 2.80. The minimum Gasteiger partial charge on any atom is -0.469 e.